The third-order valence-electron chi connectivity index (χ3n) is 4.31. The molecular weight excluding hydrogens is 388 g/mol. The molecule has 0 bridgehead atoms. The Labute approximate surface area is 163 Å². The molecule has 144 valence electrons. The van der Waals surface area contributed by atoms with Gasteiger partial charge in [-0.3, -0.25) is 14.0 Å². The molecule has 28 heavy (non-hydrogen) atoms. The molecule has 8 nitrogen and oxygen atoms in total. The zero-order valence-corrected chi connectivity index (χ0v) is 15.4. The number of benzene rings is 1. The first kappa shape index (κ1) is 19.4. The highest BCUT2D eigenvalue weighted by atomic mass is 35.5. The first-order valence-corrected chi connectivity index (χ1v) is 8.50. The number of ether oxygens (including phenoxy) is 1. The van der Waals surface area contributed by atoms with Crippen LogP contribution in [0.15, 0.2) is 47.4 Å². The molecule has 0 fully saturated rings. The molecule has 3 aromatic rings. The van der Waals surface area contributed by atoms with Crippen molar-refractivity contribution in [2.24, 2.45) is 0 Å². The van der Waals surface area contributed by atoms with Gasteiger partial charge in [0.05, 0.1) is 29.7 Å². The molecule has 0 saturated heterocycles. The van der Waals surface area contributed by atoms with Crippen molar-refractivity contribution in [1.29, 1.82) is 0 Å². The number of carbonyl (C=O) groups is 2. The summed E-state index contributed by atoms with van der Waals surface area (Å²) in [6.07, 6.45) is 1.11. The number of carboxylic acid groups (broad SMARTS) is 1. The summed E-state index contributed by atoms with van der Waals surface area (Å²) in [6, 6.07) is 8.65. The number of aromatic carboxylic acids is 1. The molecule has 2 N–H and O–H groups in total. The van der Waals surface area contributed by atoms with Gasteiger partial charge in [0.2, 0.25) is 5.88 Å². The van der Waals surface area contributed by atoms with Gasteiger partial charge in [-0.25, -0.2) is 4.79 Å². The highest BCUT2D eigenvalue weighted by Crippen LogP contribution is 2.31. The van der Waals surface area contributed by atoms with Crippen molar-refractivity contribution >= 4 is 29.2 Å². The van der Waals surface area contributed by atoms with Gasteiger partial charge in [0.25, 0.3) is 5.56 Å². The van der Waals surface area contributed by atoms with E-state index in [1.165, 1.54) is 54.1 Å². The first-order chi connectivity index (χ1) is 13.3. The Hall–Kier alpha value is -3.39. The molecular formula is C19H15ClN2O6. The molecule has 1 atom stereocenters. The Balaban J connectivity index is 2.21. The molecule has 0 radical (unpaired) electrons. The molecule has 9 heteroatoms. The van der Waals surface area contributed by atoms with Crippen LogP contribution in [-0.4, -0.2) is 38.6 Å². The summed E-state index contributed by atoms with van der Waals surface area (Å²) < 4.78 is 5.88. The van der Waals surface area contributed by atoms with Gasteiger partial charge in [0.15, 0.2) is 0 Å². The summed E-state index contributed by atoms with van der Waals surface area (Å²) >= 11 is 5.95. The summed E-state index contributed by atoms with van der Waals surface area (Å²) in [5.74, 6) is -3.14. The van der Waals surface area contributed by atoms with Crippen molar-refractivity contribution in [3.8, 4) is 5.88 Å². The second-order valence-electron chi connectivity index (χ2n) is 5.99. The second-order valence-corrected chi connectivity index (χ2v) is 6.43. The number of nitrogens with zero attached hydrogens (tertiary/aromatic N) is 2. The topological polar surface area (TPSA) is 118 Å². The Morgan fingerprint density at radius 1 is 1.21 bits per heavy atom. The fraction of sp³-hybridized carbons (Fsp3) is 0.158. The van der Waals surface area contributed by atoms with E-state index in [2.05, 4.69) is 4.98 Å². The molecule has 2 heterocycles. The van der Waals surface area contributed by atoms with Gasteiger partial charge in [0, 0.05) is 12.1 Å². The van der Waals surface area contributed by atoms with Crippen LogP contribution in [0.5, 0.6) is 5.88 Å². The van der Waals surface area contributed by atoms with E-state index in [9.17, 15) is 19.5 Å². The number of aromatic nitrogens is 2. The van der Waals surface area contributed by atoms with Crippen molar-refractivity contribution in [3.05, 3.63) is 74.7 Å². The lowest BCUT2D eigenvalue weighted by Crippen LogP contribution is -2.24. The van der Waals surface area contributed by atoms with E-state index < -0.39 is 29.3 Å². The number of carboxylic acids is 1. The van der Waals surface area contributed by atoms with Crippen molar-refractivity contribution in [2.45, 2.75) is 12.3 Å². The van der Waals surface area contributed by atoms with E-state index >= 15 is 0 Å². The quantitative estimate of drug-likeness (QED) is 0.629. The number of pyridine rings is 1. The van der Waals surface area contributed by atoms with E-state index in [1.54, 1.807) is 0 Å². The summed E-state index contributed by atoms with van der Waals surface area (Å²) in [5.41, 5.74) is -0.0281. The average molecular weight is 403 g/mol. The third kappa shape index (κ3) is 3.67. The van der Waals surface area contributed by atoms with Crippen LogP contribution >= 0.6 is 11.6 Å². The molecule has 0 aliphatic heterocycles. The number of esters is 1. The maximum absolute atomic E-state index is 13.0. The van der Waals surface area contributed by atoms with Gasteiger partial charge in [-0.05, 0) is 29.8 Å². The van der Waals surface area contributed by atoms with Crippen LogP contribution in [0.4, 0.5) is 0 Å². The molecule has 0 aliphatic rings. The van der Waals surface area contributed by atoms with E-state index in [0.29, 0.717) is 10.6 Å². The highest BCUT2D eigenvalue weighted by molar-refractivity contribution is 6.30. The number of aromatic hydroxyl groups is 1. The molecule has 2 aromatic heterocycles. The summed E-state index contributed by atoms with van der Waals surface area (Å²) in [4.78, 5) is 40.0. The van der Waals surface area contributed by atoms with E-state index in [1.807, 2.05) is 0 Å². The van der Waals surface area contributed by atoms with Crippen LogP contribution in [0.25, 0.3) is 5.65 Å². The van der Waals surface area contributed by atoms with Crippen LogP contribution in [-0.2, 0) is 9.53 Å². The summed E-state index contributed by atoms with van der Waals surface area (Å²) in [5, 5.41) is 19.8. The average Bonchev–Trinajstić information content (AvgIpc) is 2.67. The summed E-state index contributed by atoms with van der Waals surface area (Å²) in [7, 11) is 1.21. The minimum atomic E-state index is -1.11. The molecule has 1 unspecified atom stereocenters. The third-order valence-corrected chi connectivity index (χ3v) is 4.53. The van der Waals surface area contributed by atoms with Crippen molar-refractivity contribution in [1.82, 2.24) is 9.38 Å². The maximum atomic E-state index is 13.0. The van der Waals surface area contributed by atoms with Crippen LogP contribution in [0.1, 0.15) is 33.8 Å². The molecule has 3 rings (SSSR count). The van der Waals surface area contributed by atoms with E-state index in [-0.39, 0.29) is 23.2 Å². The largest absolute Gasteiger partial charge is 0.493 e. The minimum Gasteiger partial charge on any atom is -0.493 e. The van der Waals surface area contributed by atoms with Gasteiger partial charge in [-0.2, -0.15) is 4.98 Å². The SMILES string of the molecule is COC(=O)CC(c1ccc(C(=O)O)cc1)c1c(O)nc2ccc(Cl)cn2c1=O. The van der Waals surface area contributed by atoms with Crippen LogP contribution in [0.2, 0.25) is 5.02 Å². The minimum absolute atomic E-state index is 0.0462. The zero-order valence-electron chi connectivity index (χ0n) is 14.6. The van der Waals surface area contributed by atoms with Crippen LogP contribution < -0.4 is 5.56 Å². The van der Waals surface area contributed by atoms with Crippen molar-refractivity contribution in [3.63, 3.8) is 0 Å². The molecule has 1 aromatic carbocycles. The smallest absolute Gasteiger partial charge is 0.335 e. The fourth-order valence-corrected chi connectivity index (χ4v) is 3.07. The normalized spacial score (nSPS) is 11.9. The Bertz CT molecular complexity index is 1120. The van der Waals surface area contributed by atoms with Crippen LogP contribution in [0, 0.1) is 0 Å². The van der Waals surface area contributed by atoms with Gasteiger partial charge in [-0.1, -0.05) is 23.7 Å². The predicted octanol–water partition coefficient (Wildman–Crippen LogP) is 2.45. The standard InChI is InChI=1S/C19H15ClN2O6/c1-28-15(23)8-13(10-2-4-11(5-3-10)19(26)27)16-17(24)21-14-7-6-12(20)9-22(14)18(16)25/h2-7,9,13,24H,8H2,1H3,(H,26,27). The van der Waals surface area contributed by atoms with Gasteiger partial charge < -0.3 is 14.9 Å². The number of fused-ring (bicyclic) bond motifs is 1. The molecule has 0 spiro atoms. The Morgan fingerprint density at radius 2 is 1.89 bits per heavy atom. The molecule has 0 aliphatic carbocycles. The van der Waals surface area contributed by atoms with Gasteiger partial charge in [0.1, 0.15) is 5.65 Å². The summed E-state index contributed by atoms with van der Waals surface area (Å²) in [6.45, 7) is 0. The van der Waals surface area contributed by atoms with Crippen molar-refractivity contribution < 1.29 is 24.5 Å². The highest BCUT2D eigenvalue weighted by Gasteiger charge is 2.27. The molecule has 0 amide bonds. The second kappa shape index (κ2) is 7.69. The number of rotatable bonds is 5. The van der Waals surface area contributed by atoms with E-state index in [4.69, 9.17) is 21.4 Å². The number of halogens is 1. The van der Waals surface area contributed by atoms with Gasteiger partial charge in [-0.15, -0.1) is 0 Å². The lowest BCUT2D eigenvalue weighted by Gasteiger charge is -2.18. The van der Waals surface area contributed by atoms with E-state index in [0.717, 1.165) is 0 Å². The van der Waals surface area contributed by atoms with Gasteiger partial charge >= 0.3 is 11.9 Å². The zero-order chi connectivity index (χ0) is 20.4. The monoisotopic (exact) mass is 402 g/mol. The Morgan fingerprint density at radius 3 is 2.50 bits per heavy atom. The number of hydrogen-bond donors (Lipinski definition) is 2. The lowest BCUT2D eigenvalue weighted by molar-refractivity contribution is -0.140. The lowest BCUT2D eigenvalue weighted by atomic mass is 9.89. The van der Waals surface area contributed by atoms with Crippen molar-refractivity contribution in [2.75, 3.05) is 7.11 Å². The molecule has 0 saturated carbocycles. The Kier molecular flexibility index (Phi) is 5.32. The number of carbonyl (C=O) groups excluding carboxylic acids is 1. The van der Waals surface area contributed by atoms with Crippen LogP contribution in [0.3, 0.4) is 0 Å². The maximum Gasteiger partial charge on any atom is 0.335 e. The predicted molar refractivity (Wildman–Crippen MR) is 100 cm³/mol. The first-order valence-electron chi connectivity index (χ1n) is 8.12. The number of methoxy groups -OCH3 is 1. The fourth-order valence-electron chi connectivity index (χ4n) is 2.91. The number of hydrogen-bond acceptors (Lipinski definition) is 6.